The van der Waals surface area contributed by atoms with Crippen molar-refractivity contribution >= 4 is 5.69 Å². The van der Waals surface area contributed by atoms with Gasteiger partial charge in [-0.25, -0.2) is 0 Å². The molecular weight excluding hydrogens is 220 g/mol. The second-order valence-electron chi connectivity index (χ2n) is 5.36. The minimum atomic E-state index is 0.186. The quantitative estimate of drug-likeness (QED) is 0.877. The molecule has 2 rings (SSSR count). The van der Waals surface area contributed by atoms with Gasteiger partial charge in [0.05, 0.1) is 0 Å². The fourth-order valence-corrected chi connectivity index (χ4v) is 2.67. The van der Waals surface area contributed by atoms with Crippen LogP contribution in [0.2, 0.25) is 0 Å². The minimum Gasteiger partial charge on any atom is -0.372 e. The number of rotatable bonds is 3. The summed E-state index contributed by atoms with van der Waals surface area (Å²) in [5.74, 6) is 0. The first-order valence-electron chi connectivity index (χ1n) is 7.41. The molecule has 0 aliphatic carbocycles. The van der Waals surface area contributed by atoms with E-state index in [1.165, 1.54) is 56.4 Å². The van der Waals surface area contributed by atoms with Crippen molar-refractivity contribution in [2.75, 3.05) is 18.0 Å². The van der Waals surface area contributed by atoms with E-state index in [-0.39, 0.29) is 6.04 Å². The fourth-order valence-electron chi connectivity index (χ4n) is 2.67. The largest absolute Gasteiger partial charge is 0.372 e. The summed E-state index contributed by atoms with van der Waals surface area (Å²) in [5.41, 5.74) is 8.68. The number of benzene rings is 1. The zero-order valence-corrected chi connectivity index (χ0v) is 11.6. The van der Waals surface area contributed by atoms with Crippen LogP contribution in [-0.2, 0) is 0 Å². The van der Waals surface area contributed by atoms with Gasteiger partial charge < -0.3 is 10.6 Å². The number of anilines is 1. The molecule has 1 aromatic rings. The summed E-state index contributed by atoms with van der Waals surface area (Å²) in [6.07, 6.45) is 7.85. The van der Waals surface area contributed by atoms with E-state index in [2.05, 4.69) is 36.1 Å². The fraction of sp³-hybridized carbons (Fsp3) is 0.625. The second kappa shape index (κ2) is 6.79. The van der Waals surface area contributed by atoms with E-state index < -0.39 is 0 Å². The highest BCUT2D eigenvalue weighted by Crippen LogP contribution is 2.22. The average molecular weight is 246 g/mol. The van der Waals surface area contributed by atoms with Crippen LogP contribution in [0.1, 0.15) is 57.1 Å². The monoisotopic (exact) mass is 246 g/mol. The number of hydrogen-bond donors (Lipinski definition) is 1. The van der Waals surface area contributed by atoms with E-state index in [0.717, 1.165) is 6.42 Å². The maximum absolute atomic E-state index is 6.05. The van der Waals surface area contributed by atoms with Crippen molar-refractivity contribution in [1.82, 2.24) is 0 Å². The van der Waals surface area contributed by atoms with Crippen LogP contribution in [0.25, 0.3) is 0 Å². The number of nitrogens with zero attached hydrogens (tertiary/aromatic N) is 1. The molecule has 1 aromatic carbocycles. The van der Waals surface area contributed by atoms with Crippen LogP contribution >= 0.6 is 0 Å². The molecule has 18 heavy (non-hydrogen) atoms. The maximum Gasteiger partial charge on any atom is 0.0366 e. The summed E-state index contributed by atoms with van der Waals surface area (Å²) < 4.78 is 0. The van der Waals surface area contributed by atoms with Gasteiger partial charge in [-0.1, -0.05) is 38.3 Å². The van der Waals surface area contributed by atoms with E-state index >= 15 is 0 Å². The van der Waals surface area contributed by atoms with E-state index in [0.29, 0.717) is 0 Å². The van der Waals surface area contributed by atoms with E-state index in [4.69, 9.17) is 5.73 Å². The Kier molecular flexibility index (Phi) is 5.06. The van der Waals surface area contributed by atoms with Gasteiger partial charge in [0.15, 0.2) is 0 Å². The molecule has 0 radical (unpaired) electrons. The normalized spacial score (nSPS) is 19.1. The molecule has 2 heteroatoms. The molecule has 2 nitrogen and oxygen atoms in total. The Morgan fingerprint density at radius 2 is 1.56 bits per heavy atom. The molecule has 1 heterocycles. The van der Waals surface area contributed by atoms with Crippen LogP contribution in [0.5, 0.6) is 0 Å². The van der Waals surface area contributed by atoms with Crippen molar-refractivity contribution in [2.24, 2.45) is 5.73 Å². The van der Waals surface area contributed by atoms with Crippen molar-refractivity contribution in [3.63, 3.8) is 0 Å². The highest BCUT2D eigenvalue weighted by molar-refractivity contribution is 5.48. The molecule has 1 atom stereocenters. The van der Waals surface area contributed by atoms with Gasteiger partial charge in [0.2, 0.25) is 0 Å². The molecule has 0 bridgehead atoms. The third-order valence-corrected chi connectivity index (χ3v) is 3.98. The first-order valence-corrected chi connectivity index (χ1v) is 7.41. The van der Waals surface area contributed by atoms with Gasteiger partial charge in [-0.3, -0.25) is 0 Å². The van der Waals surface area contributed by atoms with Gasteiger partial charge in [0.25, 0.3) is 0 Å². The zero-order chi connectivity index (χ0) is 12.8. The molecular formula is C16H26N2. The third-order valence-electron chi connectivity index (χ3n) is 3.98. The van der Waals surface area contributed by atoms with Gasteiger partial charge in [-0.2, -0.15) is 0 Å². The lowest BCUT2D eigenvalue weighted by atomic mass is 10.0. The molecule has 1 aliphatic heterocycles. The highest BCUT2D eigenvalue weighted by Gasteiger charge is 2.09. The molecule has 1 saturated heterocycles. The van der Waals surface area contributed by atoms with Crippen LogP contribution < -0.4 is 10.6 Å². The first kappa shape index (κ1) is 13.4. The molecule has 0 spiro atoms. The summed E-state index contributed by atoms with van der Waals surface area (Å²) >= 11 is 0. The van der Waals surface area contributed by atoms with Crippen LogP contribution in [0.15, 0.2) is 24.3 Å². The van der Waals surface area contributed by atoms with E-state index in [9.17, 15) is 0 Å². The summed E-state index contributed by atoms with van der Waals surface area (Å²) in [6, 6.07) is 9.06. The zero-order valence-electron chi connectivity index (χ0n) is 11.6. The van der Waals surface area contributed by atoms with Gasteiger partial charge >= 0.3 is 0 Å². The lowest BCUT2D eigenvalue weighted by molar-refractivity contribution is 0.556. The number of hydrogen-bond acceptors (Lipinski definition) is 2. The molecule has 0 amide bonds. The second-order valence-corrected chi connectivity index (χ2v) is 5.36. The lowest BCUT2D eigenvalue weighted by Gasteiger charge is -2.27. The Hall–Kier alpha value is -1.02. The molecule has 1 fully saturated rings. The average Bonchev–Trinajstić information content (AvgIpc) is 2.38. The molecule has 1 aliphatic rings. The molecule has 1 unspecified atom stereocenters. The summed E-state index contributed by atoms with van der Waals surface area (Å²) in [7, 11) is 0. The van der Waals surface area contributed by atoms with Gasteiger partial charge in [0, 0.05) is 24.8 Å². The highest BCUT2D eigenvalue weighted by atomic mass is 15.1. The molecule has 100 valence electrons. The Morgan fingerprint density at radius 1 is 1.00 bits per heavy atom. The van der Waals surface area contributed by atoms with Crippen molar-refractivity contribution in [3.05, 3.63) is 29.8 Å². The Bertz CT molecular complexity index is 337. The Morgan fingerprint density at radius 3 is 2.11 bits per heavy atom. The summed E-state index contributed by atoms with van der Waals surface area (Å²) in [6.45, 7) is 4.55. The van der Waals surface area contributed by atoms with Gasteiger partial charge in [0.1, 0.15) is 0 Å². The van der Waals surface area contributed by atoms with Crippen LogP contribution in [0.4, 0.5) is 5.69 Å². The third kappa shape index (κ3) is 3.49. The van der Waals surface area contributed by atoms with Crippen molar-refractivity contribution < 1.29 is 0 Å². The van der Waals surface area contributed by atoms with Crippen LogP contribution in [-0.4, -0.2) is 13.1 Å². The van der Waals surface area contributed by atoms with Gasteiger partial charge in [-0.05, 0) is 37.0 Å². The van der Waals surface area contributed by atoms with Crippen LogP contribution in [0.3, 0.4) is 0 Å². The maximum atomic E-state index is 6.05. The minimum absolute atomic E-state index is 0.186. The molecule has 0 aromatic heterocycles. The van der Waals surface area contributed by atoms with Crippen LogP contribution in [0, 0.1) is 0 Å². The SMILES string of the molecule is CCC(N)c1ccc(N2CCCCCCC2)cc1. The summed E-state index contributed by atoms with van der Waals surface area (Å²) in [5, 5.41) is 0. The number of nitrogens with two attached hydrogens (primary N) is 1. The molecule has 0 saturated carbocycles. The van der Waals surface area contributed by atoms with E-state index in [1.54, 1.807) is 0 Å². The predicted octanol–water partition coefficient (Wildman–Crippen LogP) is 3.87. The van der Waals surface area contributed by atoms with Gasteiger partial charge in [-0.15, -0.1) is 0 Å². The topological polar surface area (TPSA) is 29.3 Å². The smallest absolute Gasteiger partial charge is 0.0366 e. The van der Waals surface area contributed by atoms with Crippen molar-refractivity contribution in [2.45, 2.75) is 51.5 Å². The molecule has 2 N–H and O–H groups in total. The lowest BCUT2D eigenvalue weighted by Crippen LogP contribution is -2.26. The van der Waals surface area contributed by atoms with E-state index in [1.807, 2.05) is 0 Å². The predicted molar refractivity (Wildman–Crippen MR) is 79.0 cm³/mol. The Balaban J connectivity index is 2.02. The van der Waals surface area contributed by atoms with Crippen molar-refractivity contribution in [3.8, 4) is 0 Å². The summed E-state index contributed by atoms with van der Waals surface area (Å²) in [4.78, 5) is 2.53. The first-order chi connectivity index (χ1) is 8.81. The standard InChI is InChI=1S/C16H26N2/c1-2-16(17)14-8-10-15(11-9-14)18-12-6-4-3-5-7-13-18/h8-11,16H,2-7,12-13,17H2,1H3. The Labute approximate surface area is 111 Å². The van der Waals surface area contributed by atoms with Crippen molar-refractivity contribution in [1.29, 1.82) is 0 Å².